The molecule has 0 bridgehead atoms. The van der Waals surface area contributed by atoms with Crippen LogP contribution < -0.4 is 25.4 Å². The van der Waals surface area contributed by atoms with Gasteiger partial charge in [0.15, 0.2) is 11.2 Å². The van der Waals surface area contributed by atoms with Crippen LogP contribution >= 0.6 is 0 Å². The summed E-state index contributed by atoms with van der Waals surface area (Å²) in [7, 11) is 0. The summed E-state index contributed by atoms with van der Waals surface area (Å²) in [5.74, 6) is 1.40. The number of phenolic OH excluding ortho intramolecular Hbond substituents is 2. The number of carbonyl (C=O) groups excluding carboxylic acids is 4. The van der Waals surface area contributed by atoms with Crippen molar-refractivity contribution in [3.63, 3.8) is 0 Å². The molecule has 6 rings (SSSR count). The van der Waals surface area contributed by atoms with Crippen molar-refractivity contribution in [2.45, 2.75) is 69.8 Å². The number of terminal acetylenes is 1. The van der Waals surface area contributed by atoms with Crippen LogP contribution in [0.25, 0.3) is 0 Å². The molecule has 0 saturated heterocycles. The predicted octanol–water partition coefficient (Wildman–Crippen LogP) is 7.40. The van der Waals surface area contributed by atoms with Gasteiger partial charge in [-0.3, -0.25) is 14.4 Å². The van der Waals surface area contributed by atoms with Gasteiger partial charge in [0.1, 0.15) is 40.6 Å². The van der Waals surface area contributed by atoms with Crippen molar-refractivity contribution in [1.82, 2.24) is 10.6 Å². The third kappa shape index (κ3) is 10.2. The molecule has 14 nitrogen and oxygen atoms in total. The van der Waals surface area contributed by atoms with E-state index in [2.05, 4.69) is 21.9 Å². The number of benzene rings is 4. The molecule has 14 heteroatoms. The lowest BCUT2D eigenvalue weighted by molar-refractivity contribution is -0.121. The lowest BCUT2D eigenvalue weighted by Gasteiger charge is -2.36. The second kappa shape index (κ2) is 20.0. The maximum absolute atomic E-state index is 13.3. The molecule has 4 aromatic rings. The molecular weight excluding hydrogens is 781 g/mol. The first-order chi connectivity index (χ1) is 29.5. The molecule has 0 atom stereocenters. The minimum atomic E-state index is -1.46. The summed E-state index contributed by atoms with van der Waals surface area (Å²) in [4.78, 5) is 51.2. The number of nitrogens with one attached hydrogen (secondary N) is 3. The Balaban J connectivity index is 0.852. The maximum Gasteiger partial charge on any atom is 0.340 e. The topological polar surface area (TPSA) is 217 Å². The molecule has 0 saturated carbocycles. The van der Waals surface area contributed by atoms with Gasteiger partial charge in [-0.25, -0.2) is 4.79 Å². The molecule has 61 heavy (non-hydrogen) atoms. The van der Waals surface area contributed by atoms with Gasteiger partial charge in [0, 0.05) is 72.4 Å². The highest BCUT2D eigenvalue weighted by Crippen LogP contribution is 2.57. The van der Waals surface area contributed by atoms with E-state index in [9.17, 15) is 39.8 Å². The number of aliphatic hydroxyl groups is 1. The Morgan fingerprint density at radius 3 is 2.08 bits per heavy atom. The number of aliphatic hydroxyl groups excluding tert-OH is 1. The summed E-state index contributed by atoms with van der Waals surface area (Å²) in [6, 6.07) is 22.1. The number of aromatic hydroxyl groups is 2. The van der Waals surface area contributed by atoms with Crippen LogP contribution in [0.5, 0.6) is 28.7 Å². The summed E-state index contributed by atoms with van der Waals surface area (Å²) in [5, 5.41) is 48.0. The van der Waals surface area contributed by atoms with Crippen LogP contribution in [-0.2, 0) is 19.9 Å². The fourth-order valence-electron chi connectivity index (χ4n) is 7.21. The summed E-state index contributed by atoms with van der Waals surface area (Å²) in [5.41, 5.74) is 0.633. The summed E-state index contributed by atoms with van der Waals surface area (Å²) in [6.07, 6.45) is 11.4. The first-order valence-electron chi connectivity index (χ1n) is 20.1. The number of esters is 1. The minimum Gasteiger partial charge on any atom is -0.511 e. The Bertz CT molecular complexity index is 2360. The Morgan fingerprint density at radius 2 is 1.43 bits per heavy atom. The Kier molecular flexibility index (Phi) is 14.1. The zero-order chi connectivity index (χ0) is 43.4. The van der Waals surface area contributed by atoms with Crippen molar-refractivity contribution < 1.29 is 48.7 Å². The van der Waals surface area contributed by atoms with E-state index in [-0.39, 0.29) is 59.0 Å². The maximum atomic E-state index is 13.3. The minimum absolute atomic E-state index is 0.00293. The average molecular weight is 827 g/mol. The van der Waals surface area contributed by atoms with Gasteiger partial charge >= 0.3 is 5.97 Å². The zero-order valence-electron chi connectivity index (χ0n) is 33.4. The largest absolute Gasteiger partial charge is 0.511 e. The van der Waals surface area contributed by atoms with E-state index < -0.39 is 17.5 Å². The van der Waals surface area contributed by atoms with Crippen molar-refractivity contribution in [2.24, 2.45) is 0 Å². The molecule has 0 aliphatic carbocycles. The van der Waals surface area contributed by atoms with E-state index in [1.54, 1.807) is 60.7 Å². The van der Waals surface area contributed by atoms with Crippen LogP contribution in [0.2, 0.25) is 0 Å². The Morgan fingerprint density at radius 1 is 0.770 bits per heavy atom. The normalized spacial score (nSPS) is 13.2. The van der Waals surface area contributed by atoms with Crippen LogP contribution in [0.15, 0.2) is 90.2 Å². The van der Waals surface area contributed by atoms with E-state index in [0.29, 0.717) is 65.4 Å². The van der Waals surface area contributed by atoms with Gasteiger partial charge < -0.3 is 45.5 Å². The highest BCUT2D eigenvalue weighted by atomic mass is 16.6. The first-order valence-corrected chi connectivity index (χ1v) is 20.1. The third-order valence-corrected chi connectivity index (χ3v) is 10.3. The van der Waals surface area contributed by atoms with Crippen LogP contribution in [0.4, 0.5) is 5.69 Å². The highest BCUT2D eigenvalue weighted by molar-refractivity contribution is 6.07. The van der Waals surface area contributed by atoms with Gasteiger partial charge in [-0.2, -0.15) is 5.26 Å². The number of unbranched alkanes of at least 4 members (excludes halogenated alkanes) is 5. The standard InChI is InChI=1S/C47H46N4O10/c1-2-3-11-40(54)36(29-48)45(57)51-31-14-18-34(19-15-31)59-25-10-6-7-12-43(55)49-23-8-4-5-9-24-50-44(56)30-13-20-35-39(26-30)47(61-46(35)58)37-21-16-32(52)27-41(37)60-42-28-33(53)17-22-38(42)47/h1,13-22,26-28,52-54H,3-12,23-25H2,(H,49,55)(H,50,56)(H,51,57)/b40-36-. The number of amides is 3. The van der Waals surface area contributed by atoms with Crippen LogP contribution in [0.3, 0.4) is 0 Å². The van der Waals surface area contributed by atoms with Crippen molar-refractivity contribution >= 4 is 29.4 Å². The number of ether oxygens (including phenoxy) is 3. The number of nitrogens with zero attached hydrogens (tertiary/aromatic N) is 1. The lowest BCUT2D eigenvalue weighted by Crippen LogP contribution is -2.33. The van der Waals surface area contributed by atoms with Crippen molar-refractivity contribution in [2.75, 3.05) is 25.0 Å². The lowest BCUT2D eigenvalue weighted by atomic mass is 9.77. The van der Waals surface area contributed by atoms with Crippen LogP contribution in [-0.4, -0.2) is 58.7 Å². The third-order valence-electron chi connectivity index (χ3n) is 10.3. The smallest absolute Gasteiger partial charge is 0.340 e. The van der Waals surface area contributed by atoms with E-state index in [1.165, 1.54) is 24.3 Å². The molecule has 0 unspecified atom stereocenters. The van der Waals surface area contributed by atoms with Gasteiger partial charge in [0.25, 0.3) is 11.8 Å². The second-order valence-corrected chi connectivity index (χ2v) is 14.6. The number of fused-ring (bicyclic) bond motifs is 6. The number of anilines is 1. The second-order valence-electron chi connectivity index (χ2n) is 14.6. The summed E-state index contributed by atoms with van der Waals surface area (Å²) >= 11 is 0. The molecule has 1 spiro atoms. The van der Waals surface area contributed by atoms with Crippen molar-refractivity contribution in [3.8, 4) is 47.2 Å². The van der Waals surface area contributed by atoms with E-state index in [1.807, 2.05) is 0 Å². The van der Waals surface area contributed by atoms with E-state index in [4.69, 9.17) is 20.6 Å². The molecule has 3 amide bonds. The van der Waals surface area contributed by atoms with Gasteiger partial charge in [-0.15, -0.1) is 12.3 Å². The highest BCUT2D eigenvalue weighted by Gasteiger charge is 2.54. The molecular formula is C47H46N4O10. The molecule has 0 aromatic heterocycles. The van der Waals surface area contributed by atoms with Crippen LogP contribution in [0, 0.1) is 23.7 Å². The fraction of sp³-hybridized carbons (Fsp3) is 0.298. The fourth-order valence-corrected chi connectivity index (χ4v) is 7.21. The van der Waals surface area contributed by atoms with E-state index in [0.717, 1.165) is 44.9 Å². The SMILES string of the molecule is C#CCC/C(O)=C(\C#N)C(=O)Nc1ccc(OCCCCCC(=O)NCCCCCCNC(=O)c2ccc3c(c2)C2(OC3=O)c3ccc(O)cc3Oc3cc(O)ccc32)cc1. The molecule has 314 valence electrons. The number of allylic oxidation sites excluding steroid dienone is 1. The number of nitriles is 1. The number of hydrogen-bond donors (Lipinski definition) is 6. The van der Waals surface area contributed by atoms with Crippen LogP contribution in [0.1, 0.15) is 102 Å². The molecule has 2 aliphatic heterocycles. The number of hydrogen-bond acceptors (Lipinski definition) is 11. The molecule has 2 heterocycles. The first kappa shape index (κ1) is 43.1. The van der Waals surface area contributed by atoms with Gasteiger partial charge in [-0.05, 0) is 98.8 Å². The Hall–Kier alpha value is -7.45. The molecule has 2 aliphatic rings. The zero-order valence-corrected chi connectivity index (χ0v) is 33.4. The molecule has 4 aromatic carbocycles. The number of rotatable bonds is 19. The van der Waals surface area contributed by atoms with Gasteiger partial charge in [0.2, 0.25) is 5.91 Å². The van der Waals surface area contributed by atoms with Crippen molar-refractivity contribution in [3.05, 3.63) is 118 Å². The number of carbonyl (C=O) groups is 4. The monoisotopic (exact) mass is 826 g/mol. The quantitative estimate of drug-likeness (QED) is 0.0137. The summed E-state index contributed by atoms with van der Waals surface area (Å²) < 4.78 is 17.8. The molecule has 6 N–H and O–H groups in total. The predicted molar refractivity (Wildman–Crippen MR) is 224 cm³/mol. The number of phenols is 2. The average Bonchev–Trinajstić information content (AvgIpc) is 3.53. The van der Waals surface area contributed by atoms with Crippen molar-refractivity contribution in [1.29, 1.82) is 5.26 Å². The Labute approximate surface area is 353 Å². The molecule has 0 radical (unpaired) electrons. The van der Waals surface area contributed by atoms with Gasteiger partial charge in [0.05, 0.1) is 12.2 Å². The van der Waals surface area contributed by atoms with Gasteiger partial charge in [-0.1, -0.05) is 12.8 Å². The summed E-state index contributed by atoms with van der Waals surface area (Å²) in [6.45, 7) is 1.47. The molecule has 0 fully saturated rings. The van der Waals surface area contributed by atoms with E-state index >= 15 is 0 Å².